The molecule has 0 fully saturated rings. The molecule has 2 heteroatoms. The normalized spacial score (nSPS) is 16.6. The largest absolute Gasteiger partial charge is 0.327 e. The molecule has 0 aromatic carbocycles. The first-order valence-corrected chi connectivity index (χ1v) is 5.44. The van der Waals surface area contributed by atoms with Crippen LogP contribution in [0.4, 0.5) is 0 Å². The molecule has 2 atom stereocenters. The second kappa shape index (κ2) is 6.39. The van der Waals surface area contributed by atoms with Crippen molar-refractivity contribution in [3.8, 4) is 0 Å². The Balaban J connectivity index is 3.63. The van der Waals surface area contributed by atoms with Gasteiger partial charge in [-0.2, -0.15) is 0 Å². The van der Waals surface area contributed by atoms with Crippen LogP contribution in [0.2, 0.25) is 0 Å². The Morgan fingerprint density at radius 2 is 1.77 bits per heavy atom. The predicted molar refractivity (Wildman–Crippen MR) is 59.8 cm³/mol. The number of hydrogen-bond acceptors (Lipinski definition) is 2. The first-order chi connectivity index (χ1) is 5.99. The fraction of sp³-hybridized carbons (Fsp3) is 1.00. The second-order valence-corrected chi connectivity index (χ2v) is 4.43. The summed E-state index contributed by atoms with van der Waals surface area (Å²) < 4.78 is 0. The lowest BCUT2D eigenvalue weighted by atomic mass is 10.0. The van der Waals surface area contributed by atoms with Gasteiger partial charge in [-0.1, -0.05) is 20.8 Å². The number of nitrogens with two attached hydrogens (primary N) is 1. The van der Waals surface area contributed by atoms with Crippen molar-refractivity contribution in [3.05, 3.63) is 0 Å². The minimum absolute atomic E-state index is 0.353. The second-order valence-electron chi connectivity index (χ2n) is 4.43. The van der Waals surface area contributed by atoms with Crippen molar-refractivity contribution in [3.63, 3.8) is 0 Å². The zero-order chi connectivity index (χ0) is 10.4. The number of rotatable bonds is 6. The van der Waals surface area contributed by atoms with E-state index in [2.05, 4.69) is 39.6 Å². The zero-order valence-electron chi connectivity index (χ0n) is 9.88. The molecule has 2 nitrogen and oxygen atoms in total. The summed E-state index contributed by atoms with van der Waals surface area (Å²) in [6.45, 7) is 9.99. The highest BCUT2D eigenvalue weighted by Crippen LogP contribution is 2.06. The average molecular weight is 186 g/mol. The Hall–Kier alpha value is -0.0800. The molecule has 0 aromatic heterocycles. The van der Waals surface area contributed by atoms with E-state index in [1.807, 2.05) is 0 Å². The Labute approximate surface area is 83.5 Å². The van der Waals surface area contributed by atoms with Gasteiger partial charge in [0, 0.05) is 12.1 Å². The van der Waals surface area contributed by atoms with E-state index in [9.17, 15) is 0 Å². The summed E-state index contributed by atoms with van der Waals surface area (Å²) >= 11 is 0. The third kappa shape index (κ3) is 5.27. The van der Waals surface area contributed by atoms with Crippen molar-refractivity contribution >= 4 is 0 Å². The maximum absolute atomic E-state index is 5.98. The topological polar surface area (TPSA) is 29.3 Å². The van der Waals surface area contributed by atoms with E-state index in [-0.39, 0.29) is 0 Å². The van der Waals surface area contributed by atoms with Crippen LogP contribution in [0.5, 0.6) is 0 Å². The van der Waals surface area contributed by atoms with Crippen LogP contribution in [-0.4, -0.2) is 30.6 Å². The summed E-state index contributed by atoms with van der Waals surface area (Å²) in [5.74, 6) is 0.602. The summed E-state index contributed by atoms with van der Waals surface area (Å²) in [5, 5.41) is 0. The Kier molecular flexibility index (Phi) is 6.35. The van der Waals surface area contributed by atoms with Crippen LogP contribution < -0.4 is 5.73 Å². The van der Waals surface area contributed by atoms with Gasteiger partial charge in [-0.15, -0.1) is 0 Å². The summed E-state index contributed by atoms with van der Waals surface area (Å²) in [6, 6.07) is 1.03. The predicted octanol–water partition coefficient (Wildman–Crippen LogP) is 2.09. The molecule has 0 heterocycles. The summed E-state index contributed by atoms with van der Waals surface area (Å²) in [4.78, 5) is 2.39. The van der Waals surface area contributed by atoms with E-state index in [1.54, 1.807) is 0 Å². The first-order valence-electron chi connectivity index (χ1n) is 5.44. The standard InChI is InChI=1S/C11H26N2/c1-6-10(4)13(5)8-7-11(12)9(2)3/h9-11H,6-8,12H2,1-5H3. The molecule has 0 aromatic rings. The van der Waals surface area contributed by atoms with Crippen LogP contribution in [-0.2, 0) is 0 Å². The van der Waals surface area contributed by atoms with Gasteiger partial charge in [-0.05, 0) is 39.3 Å². The maximum Gasteiger partial charge on any atom is 0.00740 e. The summed E-state index contributed by atoms with van der Waals surface area (Å²) in [6.07, 6.45) is 2.33. The molecule has 0 saturated heterocycles. The molecule has 2 unspecified atom stereocenters. The molecule has 0 aliphatic rings. The van der Waals surface area contributed by atoms with Crippen molar-refractivity contribution in [2.45, 2.75) is 52.6 Å². The van der Waals surface area contributed by atoms with Crippen LogP contribution in [0.3, 0.4) is 0 Å². The van der Waals surface area contributed by atoms with Gasteiger partial charge in [0.1, 0.15) is 0 Å². The van der Waals surface area contributed by atoms with Gasteiger partial charge in [0.05, 0.1) is 0 Å². The van der Waals surface area contributed by atoms with Crippen molar-refractivity contribution < 1.29 is 0 Å². The van der Waals surface area contributed by atoms with Gasteiger partial charge in [0.2, 0.25) is 0 Å². The van der Waals surface area contributed by atoms with E-state index in [1.165, 1.54) is 6.42 Å². The Morgan fingerprint density at radius 3 is 2.15 bits per heavy atom. The molecule has 0 spiro atoms. The van der Waals surface area contributed by atoms with E-state index < -0.39 is 0 Å². The van der Waals surface area contributed by atoms with Gasteiger partial charge in [0.25, 0.3) is 0 Å². The van der Waals surface area contributed by atoms with Gasteiger partial charge < -0.3 is 10.6 Å². The lowest BCUT2D eigenvalue weighted by Crippen LogP contribution is -2.35. The third-order valence-corrected chi connectivity index (χ3v) is 3.01. The van der Waals surface area contributed by atoms with Crippen LogP contribution in [0.25, 0.3) is 0 Å². The molecule has 0 rings (SSSR count). The van der Waals surface area contributed by atoms with Gasteiger partial charge >= 0.3 is 0 Å². The Morgan fingerprint density at radius 1 is 1.23 bits per heavy atom. The molecular weight excluding hydrogens is 160 g/mol. The molecule has 80 valence electrons. The molecule has 0 bridgehead atoms. The fourth-order valence-electron chi connectivity index (χ4n) is 1.22. The highest BCUT2D eigenvalue weighted by molar-refractivity contribution is 4.69. The SMILES string of the molecule is CCC(C)N(C)CCC(N)C(C)C. The molecular formula is C11H26N2. The van der Waals surface area contributed by atoms with E-state index in [0.29, 0.717) is 18.0 Å². The van der Waals surface area contributed by atoms with Crippen molar-refractivity contribution in [2.75, 3.05) is 13.6 Å². The summed E-state index contributed by atoms with van der Waals surface area (Å²) in [5.41, 5.74) is 5.98. The van der Waals surface area contributed by atoms with Gasteiger partial charge in [-0.3, -0.25) is 0 Å². The lowest BCUT2D eigenvalue weighted by Gasteiger charge is -2.25. The van der Waals surface area contributed by atoms with Gasteiger partial charge in [-0.25, -0.2) is 0 Å². The lowest BCUT2D eigenvalue weighted by molar-refractivity contribution is 0.236. The molecule has 13 heavy (non-hydrogen) atoms. The molecule has 0 aliphatic carbocycles. The molecule has 0 saturated carbocycles. The first kappa shape index (κ1) is 12.9. The number of nitrogens with zero attached hydrogens (tertiary/aromatic N) is 1. The van der Waals surface area contributed by atoms with E-state index in [0.717, 1.165) is 13.0 Å². The van der Waals surface area contributed by atoms with Crippen LogP contribution in [0, 0.1) is 5.92 Å². The number of hydrogen-bond donors (Lipinski definition) is 1. The zero-order valence-corrected chi connectivity index (χ0v) is 9.88. The average Bonchev–Trinajstić information content (AvgIpc) is 2.11. The van der Waals surface area contributed by atoms with Crippen molar-refractivity contribution in [1.82, 2.24) is 4.90 Å². The van der Waals surface area contributed by atoms with Gasteiger partial charge in [0.15, 0.2) is 0 Å². The van der Waals surface area contributed by atoms with Crippen LogP contribution >= 0.6 is 0 Å². The fourth-order valence-corrected chi connectivity index (χ4v) is 1.22. The smallest absolute Gasteiger partial charge is 0.00740 e. The van der Waals surface area contributed by atoms with Crippen LogP contribution in [0.15, 0.2) is 0 Å². The summed E-state index contributed by atoms with van der Waals surface area (Å²) in [7, 11) is 2.18. The highest BCUT2D eigenvalue weighted by atomic mass is 15.1. The van der Waals surface area contributed by atoms with E-state index in [4.69, 9.17) is 5.73 Å². The minimum Gasteiger partial charge on any atom is -0.327 e. The minimum atomic E-state index is 0.353. The van der Waals surface area contributed by atoms with E-state index >= 15 is 0 Å². The monoisotopic (exact) mass is 186 g/mol. The van der Waals surface area contributed by atoms with Crippen molar-refractivity contribution in [1.29, 1.82) is 0 Å². The Bertz CT molecular complexity index is 123. The highest BCUT2D eigenvalue weighted by Gasteiger charge is 2.11. The molecule has 0 amide bonds. The molecule has 2 N–H and O–H groups in total. The van der Waals surface area contributed by atoms with Crippen molar-refractivity contribution in [2.24, 2.45) is 11.7 Å². The molecule has 0 aliphatic heterocycles. The quantitative estimate of drug-likeness (QED) is 0.688. The van der Waals surface area contributed by atoms with Crippen LogP contribution in [0.1, 0.15) is 40.5 Å². The molecule has 0 radical (unpaired) electrons. The third-order valence-electron chi connectivity index (χ3n) is 3.01. The maximum atomic E-state index is 5.98.